The zero-order valence-corrected chi connectivity index (χ0v) is 19.8. The first-order valence-corrected chi connectivity index (χ1v) is 11.5. The number of ether oxygens (including phenoxy) is 2. The predicted octanol–water partition coefficient (Wildman–Crippen LogP) is 5.19. The van der Waals surface area contributed by atoms with Crippen molar-refractivity contribution >= 4 is 17.5 Å². The Morgan fingerprint density at radius 3 is 2.45 bits per heavy atom. The SMILES string of the molecule is COc1cccc(CN2CCN(C(=O)c3cccc(COc4ccc(Cl)cc4C)c3)CC2)c1. The van der Waals surface area contributed by atoms with Crippen LogP contribution in [0.3, 0.4) is 0 Å². The molecule has 1 amide bonds. The van der Waals surface area contributed by atoms with Crippen LogP contribution in [-0.4, -0.2) is 49.0 Å². The van der Waals surface area contributed by atoms with E-state index < -0.39 is 0 Å². The highest BCUT2D eigenvalue weighted by molar-refractivity contribution is 6.30. The van der Waals surface area contributed by atoms with Crippen molar-refractivity contribution in [2.75, 3.05) is 33.3 Å². The Hall–Kier alpha value is -3.02. The monoisotopic (exact) mass is 464 g/mol. The van der Waals surface area contributed by atoms with Crippen molar-refractivity contribution in [2.24, 2.45) is 0 Å². The van der Waals surface area contributed by atoms with Crippen LogP contribution in [0.4, 0.5) is 0 Å². The normalized spacial score (nSPS) is 14.2. The Morgan fingerprint density at radius 1 is 0.939 bits per heavy atom. The van der Waals surface area contributed by atoms with E-state index in [1.165, 1.54) is 5.56 Å². The fourth-order valence-corrected chi connectivity index (χ4v) is 4.28. The number of carbonyl (C=O) groups excluding carboxylic acids is 1. The van der Waals surface area contributed by atoms with Gasteiger partial charge in [-0.1, -0.05) is 35.9 Å². The van der Waals surface area contributed by atoms with Crippen molar-refractivity contribution in [2.45, 2.75) is 20.1 Å². The molecule has 1 saturated heterocycles. The molecule has 1 aliphatic rings. The standard InChI is InChI=1S/C27H29ClN2O3/c1-20-15-24(28)9-10-26(20)33-19-22-6-3-7-23(16-22)27(31)30-13-11-29(12-14-30)18-21-5-4-8-25(17-21)32-2/h3-10,15-17H,11-14,18-19H2,1-2H3. The van der Waals surface area contributed by atoms with Gasteiger partial charge in [-0.25, -0.2) is 0 Å². The summed E-state index contributed by atoms with van der Waals surface area (Å²) >= 11 is 6.02. The van der Waals surface area contributed by atoms with E-state index in [2.05, 4.69) is 17.0 Å². The van der Waals surface area contributed by atoms with Gasteiger partial charge in [0.1, 0.15) is 18.1 Å². The molecule has 0 radical (unpaired) electrons. The third-order valence-corrected chi connectivity index (χ3v) is 6.14. The molecule has 172 valence electrons. The lowest BCUT2D eigenvalue weighted by Crippen LogP contribution is -2.48. The van der Waals surface area contributed by atoms with Crippen LogP contribution in [0.1, 0.15) is 27.0 Å². The van der Waals surface area contributed by atoms with Crippen molar-refractivity contribution in [3.8, 4) is 11.5 Å². The quantitative estimate of drug-likeness (QED) is 0.482. The van der Waals surface area contributed by atoms with Gasteiger partial charge in [0, 0.05) is 43.3 Å². The van der Waals surface area contributed by atoms with Crippen molar-refractivity contribution in [3.63, 3.8) is 0 Å². The first-order valence-electron chi connectivity index (χ1n) is 11.1. The largest absolute Gasteiger partial charge is 0.497 e. The first-order chi connectivity index (χ1) is 16.0. The Labute approximate surface area is 200 Å². The van der Waals surface area contributed by atoms with Crippen LogP contribution in [-0.2, 0) is 13.2 Å². The molecule has 1 fully saturated rings. The summed E-state index contributed by atoms with van der Waals surface area (Å²) in [6.45, 7) is 6.35. The maximum Gasteiger partial charge on any atom is 0.253 e. The third-order valence-electron chi connectivity index (χ3n) is 5.91. The van der Waals surface area contributed by atoms with E-state index in [9.17, 15) is 4.79 Å². The minimum atomic E-state index is 0.0700. The summed E-state index contributed by atoms with van der Waals surface area (Å²) in [5.41, 5.74) is 3.87. The van der Waals surface area contributed by atoms with Gasteiger partial charge < -0.3 is 14.4 Å². The number of rotatable bonds is 7. The number of amides is 1. The zero-order chi connectivity index (χ0) is 23.2. The highest BCUT2D eigenvalue weighted by Crippen LogP contribution is 2.23. The second-order valence-electron chi connectivity index (χ2n) is 8.32. The number of halogens is 1. The third kappa shape index (κ3) is 6.06. The molecule has 0 bridgehead atoms. The maximum atomic E-state index is 13.1. The van der Waals surface area contributed by atoms with Crippen molar-refractivity contribution in [1.29, 1.82) is 0 Å². The van der Waals surface area contributed by atoms with Gasteiger partial charge in [-0.15, -0.1) is 0 Å². The number of nitrogens with zero attached hydrogens (tertiary/aromatic N) is 2. The first kappa shape index (κ1) is 23.1. The number of methoxy groups -OCH3 is 1. The van der Waals surface area contributed by atoms with E-state index in [-0.39, 0.29) is 5.91 Å². The van der Waals surface area contributed by atoms with E-state index in [4.69, 9.17) is 21.1 Å². The summed E-state index contributed by atoms with van der Waals surface area (Å²) in [7, 11) is 1.68. The number of benzene rings is 3. The van der Waals surface area contributed by atoms with E-state index in [1.807, 2.05) is 66.4 Å². The topological polar surface area (TPSA) is 42.0 Å². The van der Waals surface area contributed by atoms with Gasteiger partial charge in [0.2, 0.25) is 0 Å². The van der Waals surface area contributed by atoms with Crippen molar-refractivity contribution < 1.29 is 14.3 Å². The molecule has 33 heavy (non-hydrogen) atoms. The molecule has 4 rings (SSSR count). The van der Waals surface area contributed by atoms with E-state index in [0.29, 0.717) is 30.3 Å². The second-order valence-corrected chi connectivity index (χ2v) is 8.76. The van der Waals surface area contributed by atoms with Crippen molar-refractivity contribution in [1.82, 2.24) is 9.80 Å². The molecule has 0 aromatic heterocycles. The average molecular weight is 465 g/mol. The molecule has 0 N–H and O–H groups in total. The molecule has 5 nitrogen and oxygen atoms in total. The van der Waals surface area contributed by atoms with Crippen LogP contribution >= 0.6 is 11.6 Å². The van der Waals surface area contributed by atoms with Gasteiger partial charge in [-0.05, 0) is 66.1 Å². The minimum Gasteiger partial charge on any atom is -0.497 e. The zero-order valence-electron chi connectivity index (χ0n) is 19.1. The fourth-order valence-electron chi connectivity index (χ4n) is 4.05. The lowest BCUT2D eigenvalue weighted by atomic mass is 10.1. The molecular formula is C27H29ClN2O3. The summed E-state index contributed by atoms with van der Waals surface area (Å²) in [4.78, 5) is 17.4. The summed E-state index contributed by atoms with van der Waals surface area (Å²) in [5, 5.41) is 0.691. The molecule has 0 atom stereocenters. The number of hydrogen-bond donors (Lipinski definition) is 0. The Kier molecular flexibility index (Phi) is 7.53. The Morgan fingerprint density at radius 2 is 1.70 bits per heavy atom. The molecule has 0 unspecified atom stereocenters. The summed E-state index contributed by atoms with van der Waals surface area (Å²) in [5.74, 6) is 1.74. The molecule has 0 spiro atoms. The van der Waals surface area contributed by atoms with Gasteiger partial charge in [-0.3, -0.25) is 9.69 Å². The molecule has 0 aliphatic carbocycles. The van der Waals surface area contributed by atoms with Crippen LogP contribution in [0.25, 0.3) is 0 Å². The lowest BCUT2D eigenvalue weighted by molar-refractivity contribution is 0.0628. The molecule has 6 heteroatoms. The van der Waals surface area contributed by atoms with E-state index >= 15 is 0 Å². The van der Waals surface area contributed by atoms with Gasteiger partial charge in [0.25, 0.3) is 5.91 Å². The van der Waals surface area contributed by atoms with Gasteiger partial charge in [-0.2, -0.15) is 0 Å². The molecule has 0 saturated carbocycles. The van der Waals surface area contributed by atoms with E-state index in [1.54, 1.807) is 7.11 Å². The Balaban J connectivity index is 1.32. The van der Waals surface area contributed by atoms with Gasteiger partial charge >= 0.3 is 0 Å². The predicted molar refractivity (Wildman–Crippen MR) is 131 cm³/mol. The molecule has 3 aromatic carbocycles. The number of piperazine rings is 1. The number of aryl methyl sites for hydroxylation is 1. The van der Waals surface area contributed by atoms with Gasteiger partial charge in [0.05, 0.1) is 7.11 Å². The lowest BCUT2D eigenvalue weighted by Gasteiger charge is -2.35. The Bertz CT molecular complexity index is 1110. The summed E-state index contributed by atoms with van der Waals surface area (Å²) in [6.07, 6.45) is 0. The molecule has 1 aliphatic heterocycles. The smallest absolute Gasteiger partial charge is 0.253 e. The van der Waals surface area contributed by atoms with Crippen LogP contribution in [0.15, 0.2) is 66.7 Å². The highest BCUT2D eigenvalue weighted by atomic mass is 35.5. The van der Waals surface area contributed by atoms with Crippen LogP contribution in [0.5, 0.6) is 11.5 Å². The van der Waals surface area contributed by atoms with Crippen LogP contribution < -0.4 is 9.47 Å². The number of carbonyl (C=O) groups is 1. The minimum absolute atomic E-state index is 0.0700. The second kappa shape index (κ2) is 10.7. The number of hydrogen-bond acceptors (Lipinski definition) is 4. The average Bonchev–Trinajstić information content (AvgIpc) is 2.84. The summed E-state index contributed by atoms with van der Waals surface area (Å²) < 4.78 is 11.3. The van der Waals surface area contributed by atoms with Crippen LogP contribution in [0.2, 0.25) is 5.02 Å². The van der Waals surface area contributed by atoms with Crippen LogP contribution in [0, 0.1) is 6.92 Å². The summed E-state index contributed by atoms with van der Waals surface area (Å²) in [6, 6.07) is 21.4. The fraction of sp³-hybridized carbons (Fsp3) is 0.296. The highest BCUT2D eigenvalue weighted by Gasteiger charge is 2.22. The van der Waals surface area contributed by atoms with Crippen molar-refractivity contribution in [3.05, 3.63) is 94.0 Å². The van der Waals surface area contributed by atoms with Gasteiger partial charge in [0.15, 0.2) is 0 Å². The maximum absolute atomic E-state index is 13.1. The van der Waals surface area contributed by atoms with E-state index in [0.717, 1.165) is 42.3 Å². The molecule has 3 aromatic rings. The molecule has 1 heterocycles. The molecular weight excluding hydrogens is 436 g/mol.